The summed E-state index contributed by atoms with van der Waals surface area (Å²) in [5.41, 5.74) is 0.689. The van der Waals surface area contributed by atoms with Gasteiger partial charge >= 0.3 is 18.2 Å². The molecule has 0 spiro atoms. The van der Waals surface area contributed by atoms with E-state index in [0.29, 0.717) is 30.2 Å². The number of anilines is 3. The molecule has 2 heterocycles. The molecule has 2 aromatic carbocycles. The molecule has 0 radical (unpaired) electrons. The van der Waals surface area contributed by atoms with Crippen LogP contribution in [0.25, 0.3) is 0 Å². The number of aryl methyl sites for hydroxylation is 2. The summed E-state index contributed by atoms with van der Waals surface area (Å²) < 4.78 is 56.6. The van der Waals surface area contributed by atoms with Crippen molar-refractivity contribution in [3.63, 3.8) is 0 Å². The summed E-state index contributed by atoms with van der Waals surface area (Å²) in [7, 11) is 1.64. The molecule has 5 amide bonds. The van der Waals surface area contributed by atoms with Gasteiger partial charge in [-0.2, -0.15) is 13.2 Å². The predicted molar refractivity (Wildman–Crippen MR) is 189 cm³/mol. The standard InChI is InChI=1S/C36H47F3N6O7/c1-21-18-45(22(2)20-46)33(47)29-17-28(41-34(48)40-27-12-10-26(11-13-27)36(37,38)39)14-15-30(29)51-23(3)9-7-8-16-50-31(21)19-44(6)35(49)42-32-24(4)43-52-25(32)5/h10-15,17,21-23,31,46H,7-9,16,18-20H2,1-6H3,(H,42,49)(H2,40,41,48)/t21-,22+,23-,31+/m0/s1. The van der Waals surface area contributed by atoms with Crippen molar-refractivity contribution in [2.75, 3.05) is 49.3 Å². The molecule has 0 fully saturated rings. The minimum absolute atomic E-state index is 0.136. The zero-order valence-corrected chi connectivity index (χ0v) is 30.2. The Morgan fingerprint density at radius 2 is 1.73 bits per heavy atom. The Kier molecular flexibility index (Phi) is 13.5. The third-order valence-corrected chi connectivity index (χ3v) is 8.85. The molecular weight excluding hydrogens is 685 g/mol. The lowest BCUT2D eigenvalue weighted by atomic mass is 10.0. The number of aromatic nitrogens is 1. The first-order valence-electron chi connectivity index (χ1n) is 17.1. The van der Waals surface area contributed by atoms with E-state index in [-0.39, 0.29) is 60.4 Å². The summed E-state index contributed by atoms with van der Waals surface area (Å²) in [6.45, 7) is 9.34. The highest BCUT2D eigenvalue weighted by molar-refractivity contribution is 6.02. The van der Waals surface area contributed by atoms with Crippen LogP contribution in [0.2, 0.25) is 0 Å². The molecule has 1 aliphatic rings. The molecule has 0 saturated heterocycles. The molecule has 0 unspecified atom stereocenters. The molecule has 4 N–H and O–H groups in total. The highest BCUT2D eigenvalue weighted by Crippen LogP contribution is 2.31. The second-order valence-corrected chi connectivity index (χ2v) is 13.2. The fourth-order valence-electron chi connectivity index (χ4n) is 5.72. The van der Waals surface area contributed by atoms with E-state index in [4.69, 9.17) is 14.0 Å². The maximum atomic E-state index is 14.4. The number of nitrogens with one attached hydrogen (secondary N) is 3. The second kappa shape index (κ2) is 17.6. The number of benzene rings is 2. The van der Waals surface area contributed by atoms with Gasteiger partial charge < -0.3 is 44.9 Å². The number of nitrogens with zero attached hydrogens (tertiary/aromatic N) is 3. The van der Waals surface area contributed by atoms with Crippen LogP contribution in [0.5, 0.6) is 5.75 Å². The number of urea groups is 2. The summed E-state index contributed by atoms with van der Waals surface area (Å²) in [5, 5.41) is 22.1. The van der Waals surface area contributed by atoms with Crippen LogP contribution in [-0.2, 0) is 10.9 Å². The number of rotatable bonds is 7. The zero-order chi connectivity index (χ0) is 38.2. The van der Waals surface area contributed by atoms with Gasteiger partial charge in [0, 0.05) is 44.0 Å². The molecule has 3 aromatic rings. The number of hydrogen-bond donors (Lipinski definition) is 4. The topological polar surface area (TPSA) is 158 Å². The summed E-state index contributed by atoms with van der Waals surface area (Å²) in [6.07, 6.45) is -3.13. The van der Waals surface area contributed by atoms with Gasteiger partial charge in [0.15, 0.2) is 5.76 Å². The summed E-state index contributed by atoms with van der Waals surface area (Å²) in [5.74, 6) is -0.0164. The lowest BCUT2D eigenvalue weighted by molar-refractivity contribution is -0.137. The van der Waals surface area contributed by atoms with Gasteiger partial charge in [-0.1, -0.05) is 12.1 Å². The van der Waals surface area contributed by atoms with Gasteiger partial charge in [-0.05, 0) is 89.4 Å². The number of ether oxygens (including phenoxy) is 2. The fourth-order valence-corrected chi connectivity index (χ4v) is 5.72. The van der Waals surface area contributed by atoms with E-state index in [1.165, 1.54) is 15.9 Å². The first-order chi connectivity index (χ1) is 24.6. The SMILES string of the molecule is Cc1noc(C)c1NC(=O)N(C)C[C@H]1OCCCC[C@H](C)Oc2ccc(NC(=O)Nc3ccc(C(F)(F)F)cc3)cc2C(=O)N([C@H](C)CO)C[C@@H]1C. The maximum absolute atomic E-state index is 14.4. The number of carbonyl (C=O) groups excluding carboxylic acids is 3. The molecule has 0 bridgehead atoms. The average Bonchev–Trinajstić information content (AvgIpc) is 3.41. The summed E-state index contributed by atoms with van der Waals surface area (Å²) >= 11 is 0. The maximum Gasteiger partial charge on any atom is 0.416 e. The van der Waals surface area contributed by atoms with E-state index in [1.807, 2.05) is 13.8 Å². The molecule has 0 aliphatic carbocycles. The van der Waals surface area contributed by atoms with Crippen LogP contribution < -0.4 is 20.7 Å². The average molecular weight is 733 g/mol. The van der Waals surface area contributed by atoms with Crippen molar-refractivity contribution < 1.29 is 46.7 Å². The third kappa shape index (κ3) is 10.6. The van der Waals surface area contributed by atoms with Gasteiger partial charge in [0.1, 0.15) is 17.1 Å². The third-order valence-electron chi connectivity index (χ3n) is 8.85. The number of amides is 5. The van der Waals surface area contributed by atoms with Crippen molar-refractivity contribution in [1.29, 1.82) is 0 Å². The number of aliphatic hydroxyl groups excluding tert-OH is 1. The van der Waals surface area contributed by atoms with Gasteiger partial charge in [-0.3, -0.25) is 4.79 Å². The molecule has 4 atom stereocenters. The van der Waals surface area contributed by atoms with E-state index in [1.54, 1.807) is 40.0 Å². The first-order valence-corrected chi connectivity index (χ1v) is 17.1. The normalized spacial score (nSPS) is 19.5. The summed E-state index contributed by atoms with van der Waals surface area (Å²) in [4.78, 5) is 43.4. The molecule has 0 saturated carbocycles. The van der Waals surface area contributed by atoms with E-state index < -0.39 is 35.8 Å². The predicted octanol–water partition coefficient (Wildman–Crippen LogP) is 6.91. The Balaban J connectivity index is 1.57. The van der Waals surface area contributed by atoms with Crippen molar-refractivity contribution in [3.8, 4) is 5.75 Å². The van der Waals surface area contributed by atoms with Crippen LogP contribution in [0.4, 0.5) is 39.8 Å². The van der Waals surface area contributed by atoms with Crippen molar-refractivity contribution >= 4 is 35.0 Å². The van der Waals surface area contributed by atoms with Gasteiger partial charge in [0.25, 0.3) is 5.91 Å². The minimum Gasteiger partial charge on any atom is -0.490 e. The molecule has 1 aromatic heterocycles. The van der Waals surface area contributed by atoms with Crippen LogP contribution in [-0.4, -0.2) is 89.6 Å². The molecule has 52 heavy (non-hydrogen) atoms. The second-order valence-electron chi connectivity index (χ2n) is 13.2. The van der Waals surface area contributed by atoms with Crippen LogP contribution in [0, 0.1) is 19.8 Å². The number of halogens is 3. The van der Waals surface area contributed by atoms with E-state index in [2.05, 4.69) is 21.1 Å². The number of alkyl halides is 3. The Morgan fingerprint density at radius 1 is 1.06 bits per heavy atom. The monoisotopic (exact) mass is 732 g/mol. The fraction of sp³-hybridized carbons (Fsp3) is 0.500. The number of fused-ring (bicyclic) bond motifs is 1. The summed E-state index contributed by atoms with van der Waals surface area (Å²) in [6, 6.07) is 6.85. The van der Waals surface area contributed by atoms with Crippen LogP contribution >= 0.6 is 0 Å². The Bertz CT molecular complexity index is 1660. The molecule has 13 nitrogen and oxygen atoms in total. The lowest BCUT2D eigenvalue weighted by Gasteiger charge is -2.35. The van der Waals surface area contributed by atoms with Gasteiger partial charge in [0.05, 0.1) is 36.0 Å². The van der Waals surface area contributed by atoms with E-state index >= 15 is 0 Å². The van der Waals surface area contributed by atoms with Gasteiger partial charge in [-0.15, -0.1) is 0 Å². The largest absolute Gasteiger partial charge is 0.490 e. The van der Waals surface area contributed by atoms with E-state index in [9.17, 15) is 32.7 Å². The number of hydrogen-bond acceptors (Lipinski definition) is 8. The van der Waals surface area contributed by atoms with E-state index in [0.717, 1.165) is 37.1 Å². The van der Waals surface area contributed by atoms with Crippen molar-refractivity contribution in [1.82, 2.24) is 15.0 Å². The van der Waals surface area contributed by atoms with Crippen LogP contribution in [0.15, 0.2) is 47.0 Å². The zero-order valence-electron chi connectivity index (χ0n) is 30.2. The molecule has 1 aliphatic heterocycles. The smallest absolute Gasteiger partial charge is 0.416 e. The van der Waals surface area contributed by atoms with Gasteiger partial charge in [-0.25, -0.2) is 9.59 Å². The highest BCUT2D eigenvalue weighted by Gasteiger charge is 2.32. The van der Waals surface area contributed by atoms with Crippen molar-refractivity contribution in [2.24, 2.45) is 5.92 Å². The quantitative estimate of drug-likeness (QED) is 0.204. The van der Waals surface area contributed by atoms with Crippen molar-refractivity contribution in [3.05, 3.63) is 65.0 Å². The van der Waals surface area contributed by atoms with Crippen LogP contribution in [0.1, 0.15) is 67.4 Å². The van der Waals surface area contributed by atoms with Crippen molar-refractivity contribution in [2.45, 2.75) is 78.3 Å². The molecule has 284 valence electrons. The molecule has 4 rings (SSSR count). The first kappa shape index (κ1) is 39.9. The Morgan fingerprint density at radius 3 is 2.37 bits per heavy atom. The van der Waals surface area contributed by atoms with Crippen LogP contribution in [0.3, 0.4) is 0 Å². The van der Waals surface area contributed by atoms with Gasteiger partial charge in [0.2, 0.25) is 0 Å². The molecular formula is C36H47F3N6O7. The Labute approximate surface area is 300 Å². The highest BCUT2D eigenvalue weighted by atomic mass is 19.4. The number of aliphatic hydroxyl groups is 1. The number of likely N-dealkylation sites (N-methyl/N-ethyl adjacent to an activating group) is 1. The minimum atomic E-state index is -4.51. The lowest BCUT2D eigenvalue weighted by Crippen LogP contribution is -2.48. The number of carbonyl (C=O) groups is 3. The Hall–Kier alpha value is -4.83. The molecule has 16 heteroatoms.